The fourth-order valence-corrected chi connectivity index (χ4v) is 2.40. The third-order valence-electron chi connectivity index (χ3n) is 3.54. The Balaban J connectivity index is 2.03. The monoisotopic (exact) mass is 276 g/mol. The molecule has 0 saturated heterocycles. The minimum Gasteiger partial charge on any atom is -0.289 e. The molecule has 4 heteroatoms. The quantitative estimate of drug-likeness (QED) is 0.780. The number of aliphatic imine (C=N–C) groups is 2. The fraction of sp³-hybridized carbons (Fsp3) is 0.118. The molecule has 0 radical (unpaired) electrons. The Bertz CT molecular complexity index is 804. The van der Waals surface area contributed by atoms with Crippen LogP contribution in [0.25, 0.3) is 0 Å². The number of Topliss-reactive ketones (excluding diaryl/α,β-unsaturated/α-hetero) is 2. The predicted molar refractivity (Wildman–Crippen MR) is 81.0 cm³/mol. The van der Waals surface area contributed by atoms with E-state index in [2.05, 4.69) is 15.7 Å². The average molecular weight is 276 g/mol. The Morgan fingerprint density at radius 2 is 1.76 bits per heavy atom. The number of hydrogen-bond donors (Lipinski definition) is 0. The number of allylic oxidation sites excluding steroid dienone is 3. The van der Waals surface area contributed by atoms with E-state index in [-0.39, 0.29) is 11.6 Å². The van der Waals surface area contributed by atoms with Crippen LogP contribution in [0.4, 0.5) is 0 Å². The summed E-state index contributed by atoms with van der Waals surface area (Å²) in [4.78, 5) is 32.8. The molecular weight excluding hydrogens is 264 g/mol. The van der Waals surface area contributed by atoms with Gasteiger partial charge in [-0.05, 0) is 6.92 Å². The number of carbonyl (C=O) groups excluding carboxylic acids is 2. The van der Waals surface area contributed by atoms with Crippen LogP contribution in [0.1, 0.15) is 34.1 Å². The molecule has 0 spiro atoms. The molecule has 3 rings (SSSR count). The van der Waals surface area contributed by atoms with Crippen molar-refractivity contribution in [2.75, 3.05) is 0 Å². The lowest BCUT2D eigenvalue weighted by molar-refractivity contribution is 0.0973. The number of rotatable bonds is 2. The smallest absolute Gasteiger partial charge is 0.190 e. The van der Waals surface area contributed by atoms with Crippen LogP contribution in [-0.2, 0) is 0 Å². The summed E-state index contributed by atoms with van der Waals surface area (Å²) in [5.74, 6) is -0.192. The zero-order valence-corrected chi connectivity index (χ0v) is 11.5. The van der Waals surface area contributed by atoms with Gasteiger partial charge < -0.3 is 0 Å². The molecule has 0 N–H and O–H groups in total. The number of hydrogen-bond acceptors (Lipinski definition) is 4. The van der Waals surface area contributed by atoms with E-state index in [0.717, 1.165) is 5.57 Å². The van der Waals surface area contributed by atoms with Crippen LogP contribution in [-0.4, -0.2) is 24.1 Å². The lowest BCUT2D eigenvalue weighted by atomic mass is 9.82. The molecule has 0 bridgehead atoms. The minimum absolute atomic E-state index is 0.0911. The van der Waals surface area contributed by atoms with Gasteiger partial charge >= 0.3 is 0 Å². The summed E-state index contributed by atoms with van der Waals surface area (Å²) < 4.78 is 0. The van der Waals surface area contributed by atoms with E-state index in [1.807, 2.05) is 0 Å². The average Bonchev–Trinajstić information content (AvgIpc) is 2.78. The van der Waals surface area contributed by atoms with Crippen molar-refractivity contribution in [3.05, 3.63) is 64.0 Å². The first-order valence-corrected chi connectivity index (χ1v) is 6.55. The van der Waals surface area contributed by atoms with E-state index in [1.54, 1.807) is 37.4 Å². The van der Waals surface area contributed by atoms with E-state index in [1.165, 1.54) is 12.5 Å². The van der Waals surface area contributed by atoms with Gasteiger partial charge in [0.05, 0.1) is 6.20 Å². The maximum atomic E-state index is 12.6. The SMILES string of the molecule is CC1=C(CC2=C=CN=CN=C2)C(=O)c2ccccc2C1=O. The molecule has 0 amide bonds. The maximum Gasteiger partial charge on any atom is 0.190 e. The van der Waals surface area contributed by atoms with E-state index >= 15 is 0 Å². The zero-order chi connectivity index (χ0) is 14.8. The van der Waals surface area contributed by atoms with Gasteiger partial charge in [-0.15, -0.1) is 0 Å². The second-order valence-corrected chi connectivity index (χ2v) is 4.83. The van der Waals surface area contributed by atoms with Crippen molar-refractivity contribution in [2.24, 2.45) is 9.98 Å². The van der Waals surface area contributed by atoms with Crippen LogP contribution in [0.5, 0.6) is 0 Å². The number of carbonyl (C=O) groups is 2. The predicted octanol–water partition coefficient (Wildman–Crippen LogP) is 2.92. The normalized spacial score (nSPS) is 16.9. The molecule has 1 aliphatic carbocycles. The van der Waals surface area contributed by atoms with Gasteiger partial charge in [-0.2, -0.15) is 0 Å². The number of ketones is 2. The lowest BCUT2D eigenvalue weighted by Gasteiger charge is -2.18. The van der Waals surface area contributed by atoms with E-state index in [4.69, 9.17) is 0 Å². The van der Waals surface area contributed by atoms with Gasteiger partial charge in [0.15, 0.2) is 11.6 Å². The van der Waals surface area contributed by atoms with Crippen LogP contribution >= 0.6 is 0 Å². The summed E-state index contributed by atoms with van der Waals surface area (Å²) >= 11 is 0. The summed E-state index contributed by atoms with van der Waals surface area (Å²) in [6, 6.07) is 6.91. The molecule has 2 aliphatic rings. The third-order valence-corrected chi connectivity index (χ3v) is 3.54. The molecule has 0 aromatic heterocycles. The Morgan fingerprint density at radius 3 is 2.52 bits per heavy atom. The van der Waals surface area contributed by atoms with Crippen molar-refractivity contribution < 1.29 is 9.59 Å². The first-order valence-electron chi connectivity index (χ1n) is 6.55. The van der Waals surface area contributed by atoms with Crippen molar-refractivity contribution in [3.8, 4) is 0 Å². The summed E-state index contributed by atoms with van der Waals surface area (Å²) in [6.45, 7) is 1.69. The Labute approximate surface area is 121 Å². The first-order chi connectivity index (χ1) is 10.2. The largest absolute Gasteiger partial charge is 0.289 e. The van der Waals surface area contributed by atoms with Gasteiger partial charge in [0.1, 0.15) is 6.34 Å². The van der Waals surface area contributed by atoms with Crippen molar-refractivity contribution in [3.63, 3.8) is 0 Å². The van der Waals surface area contributed by atoms with E-state index in [0.29, 0.717) is 28.7 Å². The molecule has 102 valence electrons. The minimum atomic E-state index is -0.101. The van der Waals surface area contributed by atoms with Gasteiger partial charge in [0.2, 0.25) is 0 Å². The maximum absolute atomic E-state index is 12.6. The summed E-state index contributed by atoms with van der Waals surface area (Å²) in [6.07, 6.45) is 4.84. The van der Waals surface area contributed by atoms with Gasteiger partial charge in [-0.25, -0.2) is 9.98 Å². The molecular formula is C17H12N2O2. The molecule has 1 heterocycles. The Morgan fingerprint density at radius 1 is 1.05 bits per heavy atom. The summed E-state index contributed by atoms with van der Waals surface area (Å²) in [5, 5.41) is 0. The van der Waals surface area contributed by atoms with Crippen LogP contribution in [0, 0.1) is 0 Å². The molecule has 0 unspecified atom stereocenters. The number of benzene rings is 1. The highest BCUT2D eigenvalue weighted by atomic mass is 16.1. The molecule has 0 saturated carbocycles. The lowest BCUT2D eigenvalue weighted by Crippen LogP contribution is -2.21. The Kier molecular flexibility index (Phi) is 3.30. The highest BCUT2D eigenvalue weighted by Crippen LogP contribution is 2.29. The van der Waals surface area contributed by atoms with Crippen LogP contribution in [0.2, 0.25) is 0 Å². The van der Waals surface area contributed by atoms with Gasteiger partial charge in [0.25, 0.3) is 0 Å². The number of fused-ring (bicyclic) bond motifs is 1. The van der Waals surface area contributed by atoms with E-state index < -0.39 is 0 Å². The summed E-state index contributed by atoms with van der Waals surface area (Å²) in [7, 11) is 0. The third kappa shape index (κ3) is 2.33. The van der Waals surface area contributed by atoms with Gasteiger partial charge in [-0.1, -0.05) is 30.0 Å². The second-order valence-electron chi connectivity index (χ2n) is 4.83. The highest BCUT2D eigenvalue weighted by molar-refractivity contribution is 6.27. The number of nitrogens with zero attached hydrogens (tertiary/aromatic N) is 2. The Hall–Kier alpha value is -2.84. The molecule has 1 aliphatic heterocycles. The topological polar surface area (TPSA) is 58.9 Å². The van der Waals surface area contributed by atoms with Crippen molar-refractivity contribution >= 4 is 24.1 Å². The summed E-state index contributed by atoms with van der Waals surface area (Å²) in [5.41, 5.74) is 5.62. The highest BCUT2D eigenvalue weighted by Gasteiger charge is 2.29. The van der Waals surface area contributed by atoms with Crippen LogP contribution in [0.15, 0.2) is 62.9 Å². The standard InChI is InChI=1S/C17H12N2O2/c1-11-15(8-12-6-7-18-10-19-9-12)17(21)14-5-3-2-4-13(14)16(11)20/h2-5,7,9-10H,8H2,1H3. The molecule has 1 aromatic rings. The van der Waals surface area contributed by atoms with Crippen molar-refractivity contribution in [2.45, 2.75) is 13.3 Å². The molecule has 1 aromatic carbocycles. The fourth-order valence-electron chi connectivity index (χ4n) is 2.40. The van der Waals surface area contributed by atoms with Gasteiger partial charge in [-0.3, -0.25) is 9.59 Å². The van der Waals surface area contributed by atoms with Crippen molar-refractivity contribution in [1.82, 2.24) is 0 Å². The second kappa shape index (κ2) is 5.27. The van der Waals surface area contributed by atoms with Crippen LogP contribution < -0.4 is 0 Å². The molecule has 0 atom stereocenters. The molecule has 4 nitrogen and oxygen atoms in total. The zero-order valence-electron chi connectivity index (χ0n) is 11.5. The van der Waals surface area contributed by atoms with E-state index in [9.17, 15) is 9.59 Å². The van der Waals surface area contributed by atoms with Gasteiger partial charge in [0, 0.05) is 40.5 Å². The van der Waals surface area contributed by atoms with Crippen molar-refractivity contribution in [1.29, 1.82) is 0 Å². The first kappa shape index (κ1) is 13.2. The van der Waals surface area contributed by atoms with Crippen LogP contribution in [0.3, 0.4) is 0 Å². The molecule has 21 heavy (non-hydrogen) atoms. The molecule has 0 fully saturated rings.